The van der Waals surface area contributed by atoms with Crippen LogP contribution in [0.15, 0.2) is 36.9 Å². The number of para-hydroxylation sites is 1. The minimum atomic E-state index is -1.60. The van der Waals surface area contributed by atoms with Crippen molar-refractivity contribution in [1.82, 2.24) is 0 Å². The largest absolute Gasteiger partial charge is 0.468 e. The van der Waals surface area contributed by atoms with E-state index >= 15 is 0 Å². The summed E-state index contributed by atoms with van der Waals surface area (Å²) in [6.07, 6.45) is 1.46. The Morgan fingerprint density at radius 2 is 2.22 bits per heavy atom. The maximum absolute atomic E-state index is 12.7. The highest BCUT2D eigenvalue weighted by molar-refractivity contribution is 6.12. The van der Waals surface area contributed by atoms with Crippen LogP contribution >= 0.6 is 0 Å². The Morgan fingerprint density at radius 1 is 1.52 bits per heavy atom. The molecule has 0 radical (unpaired) electrons. The van der Waals surface area contributed by atoms with E-state index in [-0.39, 0.29) is 6.42 Å². The molecule has 0 bridgehead atoms. The molecule has 1 aliphatic heterocycles. The van der Waals surface area contributed by atoms with Crippen LogP contribution in [-0.4, -0.2) is 30.0 Å². The lowest BCUT2D eigenvalue weighted by Crippen LogP contribution is -2.51. The first-order chi connectivity index (χ1) is 11.0. The number of esters is 1. The third-order valence-corrected chi connectivity index (χ3v) is 4.91. The van der Waals surface area contributed by atoms with Gasteiger partial charge in [0.15, 0.2) is 5.41 Å². The van der Waals surface area contributed by atoms with Crippen molar-refractivity contribution in [3.8, 4) is 0 Å². The van der Waals surface area contributed by atoms with Gasteiger partial charge in [0.2, 0.25) is 11.9 Å². The third-order valence-electron chi connectivity index (χ3n) is 4.91. The van der Waals surface area contributed by atoms with Crippen molar-refractivity contribution >= 4 is 17.6 Å². The number of amides is 1. The maximum atomic E-state index is 12.7. The molecule has 2 aliphatic rings. The smallest absolute Gasteiger partial charge is 0.322 e. The number of methoxy groups -OCH3 is 1. The van der Waals surface area contributed by atoms with Gasteiger partial charge in [0.1, 0.15) is 0 Å². The summed E-state index contributed by atoms with van der Waals surface area (Å²) in [6.45, 7) is 3.64. The number of hydrogen-bond acceptors (Lipinski definition) is 5. The van der Waals surface area contributed by atoms with Crippen LogP contribution in [0.4, 0.5) is 5.69 Å². The van der Waals surface area contributed by atoms with Gasteiger partial charge < -0.3 is 10.1 Å². The Labute approximate surface area is 132 Å². The van der Waals surface area contributed by atoms with Gasteiger partial charge in [-0.3, -0.25) is 19.7 Å². The molecular weight excluding hydrogens is 300 g/mol. The average molecular weight is 316 g/mol. The predicted molar refractivity (Wildman–Crippen MR) is 81.3 cm³/mol. The molecule has 1 saturated carbocycles. The monoisotopic (exact) mass is 316 g/mol. The highest BCUT2D eigenvalue weighted by Gasteiger charge is 2.69. The summed E-state index contributed by atoms with van der Waals surface area (Å²) in [4.78, 5) is 36.5. The molecule has 3 rings (SSSR count). The zero-order valence-corrected chi connectivity index (χ0v) is 12.5. The van der Waals surface area contributed by atoms with Crippen LogP contribution in [0.1, 0.15) is 17.9 Å². The van der Waals surface area contributed by atoms with Crippen molar-refractivity contribution in [2.45, 2.75) is 18.4 Å². The third kappa shape index (κ3) is 1.89. The van der Waals surface area contributed by atoms with E-state index in [1.54, 1.807) is 24.3 Å². The topological polar surface area (TPSA) is 98.5 Å². The average Bonchev–Trinajstić information content (AvgIpc) is 2.91. The predicted octanol–water partition coefficient (Wildman–Crippen LogP) is 1.73. The number of ether oxygens (including phenoxy) is 1. The minimum Gasteiger partial charge on any atom is -0.468 e. The second kappa shape index (κ2) is 5.19. The highest BCUT2D eigenvalue weighted by Crippen LogP contribution is 2.58. The summed E-state index contributed by atoms with van der Waals surface area (Å²) in [5, 5.41) is 14.4. The number of fused-ring (bicyclic) bond motifs is 3. The van der Waals surface area contributed by atoms with E-state index in [0.717, 1.165) is 0 Å². The van der Waals surface area contributed by atoms with E-state index in [2.05, 4.69) is 11.9 Å². The van der Waals surface area contributed by atoms with Gasteiger partial charge in [0.05, 0.1) is 13.0 Å². The van der Waals surface area contributed by atoms with Gasteiger partial charge >= 0.3 is 5.97 Å². The number of benzene rings is 1. The first-order valence-corrected chi connectivity index (χ1v) is 7.22. The molecule has 23 heavy (non-hydrogen) atoms. The van der Waals surface area contributed by atoms with E-state index in [1.807, 2.05) is 0 Å². The van der Waals surface area contributed by atoms with Gasteiger partial charge in [0.25, 0.3) is 0 Å². The van der Waals surface area contributed by atoms with E-state index in [1.165, 1.54) is 13.2 Å². The van der Waals surface area contributed by atoms with Crippen molar-refractivity contribution in [3.63, 3.8) is 0 Å². The summed E-state index contributed by atoms with van der Waals surface area (Å²) >= 11 is 0. The van der Waals surface area contributed by atoms with E-state index < -0.39 is 40.1 Å². The summed E-state index contributed by atoms with van der Waals surface area (Å²) in [6, 6.07) is 5.74. The van der Waals surface area contributed by atoms with Crippen molar-refractivity contribution in [3.05, 3.63) is 52.6 Å². The molecular formula is C16H16N2O5. The molecule has 0 unspecified atom stereocenters. The molecule has 0 saturated heterocycles. The van der Waals surface area contributed by atoms with Crippen molar-refractivity contribution in [2.75, 3.05) is 12.4 Å². The van der Waals surface area contributed by atoms with E-state index in [9.17, 15) is 19.7 Å². The van der Waals surface area contributed by atoms with Gasteiger partial charge in [-0.15, -0.1) is 6.58 Å². The molecule has 4 atom stereocenters. The van der Waals surface area contributed by atoms with Gasteiger partial charge in [-0.25, -0.2) is 0 Å². The molecule has 1 N–H and O–H groups in total. The van der Waals surface area contributed by atoms with Crippen LogP contribution in [0.5, 0.6) is 0 Å². The Hall–Kier alpha value is -2.70. The van der Waals surface area contributed by atoms with Crippen molar-refractivity contribution < 1.29 is 19.2 Å². The molecule has 1 heterocycles. The first kappa shape index (κ1) is 15.2. The fourth-order valence-corrected chi connectivity index (χ4v) is 3.94. The second-order valence-corrected chi connectivity index (χ2v) is 5.86. The van der Waals surface area contributed by atoms with Crippen LogP contribution in [0.2, 0.25) is 0 Å². The Morgan fingerprint density at radius 3 is 2.83 bits per heavy atom. The van der Waals surface area contributed by atoms with Gasteiger partial charge in [-0.05, 0) is 18.1 Å². The normalized spacial score (nSPS) is 31.5. The summed E-state index contributed by atoms with van der Waals surface area (Å²) in [5.41, 5.74) is -0.512. The SMILES string of the molecule is C=C[C@H]1C[C@]2(C(=O)OC)C(=O)Nc3ccccc3[C@@H]2[C@H]1[N+](=O)[O-]. The number of nitrogens with zero attached hydrogens (tertiary/aromatic N) is 1. The number of rotatable bonds is 3. The molecule has 120 valence electrons. The zero-order valence-electron chi connectivity index (χ0n) is 12.5. The Balaban J connectivity index is 2.28. The molecule has 1 fully saturated rings. The van der Waals surface area contributed by atoms with Crippen molar-refractivity contribution in [2.24, 2.45) is 11.3 Å². The summed E-state index contributed by atoms with van der Waals surface area (Å²) < 4.78 is 4.84. The molecule has 7 heteroatoms. The van der Waals surface area contributed by atoms with Gasteiger partial charge in [-0.2, -0.15) is 0 Å². The quantitative estimate of drug-likeness (QED) is 0.301. The lowest BCUT2D eigenvalue weighted by molar-refractivity contribution is -0.530. The number of hydrogen-bond donors (Lipinski definition) is 1. The van der Waals surface area contributed by atoms with E-state index in [4.69, 9.17) is 4.74 Å². The van der Waals surface area contributed by atoms with Gasteiger partial charge in [-0.1, -0.05) is 24.3 Å². The molecule has 7 nitrogen and oxygen atoms in total. The van der Waals surface area contributed by atoms with Gasteiger partial charge in [0, 0.05) is 16.5 Å². The minimum absolute atomic E-state index is 0.0135. The molecule has 1 aromatic rings. The Kier molecular flexibility index (Phi) is 3.43. The first-order valence-electron chi connectivity index (χ1n) is 7.22. The zero-order chi connectivity index (χ0) is 16.8. The number of carbonyl (C=O) groups is 2. The van der Waals surface area contributed by atoms with Crippen LogP contribution in [0.3, 0.4) is 0 Å². The Bertz CT molecular complexity index is 716. The molecule has 1 aromatic carbocycles. The summed E-state index contributed by atoms with van der Waals surface area (Å²) in [5.74, 6) is -2.76. The fourth-order valence-electron chi connectivity index (χ4n) is 3.94. The summed E-state index contributed by atoms with van der Waals surface area (Å²) in [7, 11) is 1.18. The molecule has 1 aliphatic carbocycles. The van der Waals surface area contributed by atoms with Crippen molar-refractivity contribution in [1.29, 1.82) is 0 Å². The van der Waals surface area contributed by atoms with Crippen LogP contribution in [0, 0.1) is 21.4 Å². The van der Waals surface area contributed by atoms with Crippen LogP contribution < -0.4 is 5.32 Å². The fraction of sp³-hybridized carbons (Fsp3) is 0.375. The highest BCUT2D eigenvalue weighted by atomic mass is 16.6. The van der Waals surface area contributed by atoms with Crippen LogP contribution in [-0.2, 0) is 14.3 Å². The lowest BCUT2D eigenvalue weighted by Gasteiger charge is -2.36. The van der Waals surface area contributed by atoms with E-state index in [0.29, 0.717) is 11.3 Å². The lowest BCUT2D eigenvalue weighted by atomic mass is 9.70. The number of carbonyl (C=O) groups excluding carboxylic acids is 2. The standard InChI is InChI=1S/C16H16N2O5/c1-3-9-8-16(15(20)23-2)12(13(9)18(21)22)10-6-4-5-7-11(10)17-14(16)19/h3-7,9,12-13H,1,8H2,2H3,(H,17,19)/t9-,12+,13-,16+/m0/s1. The molecule has 1 amide bonds. The molecule has 0 aromatic heterocycles. The molecule has 0 spiro atoms. The second-order valence-electron chi connectivity index (χ2n) is 5.86. The number of anilines is 1. The van der Waals surface area contributed by atoms with Crippen LogP contribution in [0.25, 0.3) is 0 Å². The number of nitro groups is 1. The maximum Gasteiger partial charge on any atom is 0.322 e. The number of nitrogens with one attached hydrogen (secondary N) is 1.